The van der Waals surface area contributed by atoms with Crippen molar-refractivity contribution in [3.8, 4) is 0 Å². The fraction of sp³-hybridized carbons (Fsp3) is 0.571. The average molecular weight is 407 g/mol. The highest BCUT2D eigenvalue weighted by molar-refractivity contribution is 14.0. The Morgan fingerprint density at radius 2 is 1.95 bits per heavy atom. The van der Waals surface area contributed by atoms with Gasteiger partial charge in [-0.05, 0) is 11.6 Å². The summed E-state index contributed by atoms with van der Waals surface area (Å²) in [7, 11) is 3.72. The van der Waals surface area contributed by atoms with Crippen LogP contribution in [-0.4, -0.2) is 36.6 Å². The molecule has 0 aliphatic carbocycles. The first-order valence-corrected chi connectivity index (χ1v) is 6.86. The third kappa shape index (κ3) is 7.93. The van der Waals surface area contributed by atoms with E-state index in [2.05, 4.69) is 33.2 Å². The van der Waals surface area contributed by atoms with Crippen molar-refractivity contribution in [3.63, 3.8) is 0 Å². The Bertz CT molecular complexity index is 456. The Morgan fingerprint density at radius 3 is 2.48 bits per heavy atom. The van der Waals surface area contributed by atoms with Crippen LogP contribution in [0.25, 0.3) is 0 Å². The molecule has 1 heterocycles. The van der Waals surface area contributed by atoms with Crippen molar-refractivity contribution < 1.29 is 4.79 Å². The summed E-state index contributed by atoms with van der Waals surface area (Å²) in [6, 6.07) is 2.06. The number of nitrogens with zero attached hydrogens (tertiary/aromatic N) is 2. The van der Waals surface area contributed by atoms with E-state index in [-0.39, 0.29) is 35.8 Å². The monoisotopic (exact) mass is 407 g/mol. The first-order chi connectivity index (χ1) is 9.52. The maximum atomic E-state index is 11.4. The Hall–Kier alpha value is -1.25. The van der Waals surface area contributed by atoms with Gasteiger partial charge in [-0.3, -0.25) is 9.79 Å². The lowest BCUT2D eigenvalue weighted by Crippen LogP contribution is -2.41. The molecule has 0 saturated carbocycles. The number of aromatic nitrogens is 1. The smallest absolute Gasteiger partial charge is 0.222 e. The van der Waals surface area contributed by atoms with Gasteiger partial charge >= 0.3 is 0 Å². The normalized spacial score (nSPS) is 11.0. The minimum Gasteiger partial charge on any atom is -0.357 e. The number of nitrogens with one attached hydrogen (secondary N) is 3. The Morgan fingerprint density at radius 1 is 1.29 bits per heavy atom. The second-order valence-electron chi connectivity index (χ2n) is 4.98. The highest BCUT2D eigenvalue weighted by Crippen LogP contribution is 1.98. The zero-order valence-electron chi connectivity index (χ0n) is 13.1. The molecule has 0 aliphatic rings. The van der Waals surface area contributed by atoms with E-state index in [0.717, 1.165) is 12.5 Å². The van der Waals surface area contributed by atoms with Crippen molar-refractivity contribution in [2.45, 2.75) is 20.4 Å². The van der Waals surface area contributed by atoms with E-state index >= 15 is 0 Å². The highest BCUT2D eigenvalue weighted by atomic mass is 127. The number of aliphatic imine (C=N–C) groups is 1. The van der Waals surface area contributed by atoms with Crippen molar-refractivity contribution in [1.82, 2.24) is 20.5 Å². The van der Waals surface area contributed by atoms with Crippen LogP contribution >= 0.6 is 24.0 Å². The molecule has 21 heavy (non-hydrogen) atoms. The van der Waals surface area contributed by atoms with Crippen molar-refractivity contribution in [3.05, 3.63) is 24.0 Å². The summed E-state index contributed by atoms with van der Waals surface area (Å²) in [6.45, 7) is 5.71. The van der Waals surface area contributed by atoms with E-state index in [1.165, 1.54) is 5.56 Å². The Kier molecular flexibility index (Phi) is 9.85. The van der Waals surface area contributed by atoms with E-state index in [4.69, 9.17) is 0 Å². The van der Waals surface area contributed by atoms with E-state index in [9.17, 15) is 4.79 Å². The number of halogens is 1. The van der Waals surface area contributed by atoms with Gasteiger partial charge in [0.15, 0.2) is 5.96 Å². The first-order valence-electron chi connectivity index (χ1n) is 6.86. The third-order valence-electron chi connectivity index (χ3n) is 2.82. The molecule has 0 fully saturated rings. The maximum Gasteiger partial charge on any atom is 0.222 e. The number of guanidine groups is 1. The summed E-state index contributed by atoms with van der Waals surface area (Å²) in [6.07, 6.45) is 4.07. The first kappa shape index (κ1) is 19.8. The van der Waals surface area contributed by atoms with Crippen molar-refractivity contribution in [2.75, 3.05) is 20.1 Å². The minimum absolute atomic E-state index is 0. The van der Waals surface area contributed by atoms with Crippen molar-refractivity contribution in [1.29, 1.82) is 0 Å². The molecule has 0 unspecified atom stereocenters. The number of carbonyl (C=O) groups is 1. The molecule has 0 aromatic carbocycles. The van der Waals surface area contributed by atoms with Crippen LogP contribution in [-0.2, 0) is 18.4 Å². The van der Waals surface area contributed by atoms with Crippen LogP contribution in [0.4, 0.5) is 0 Å². The van der Waals surface area contributed by atoms with Gasteiger partial charge in [-0.1, -0.05) is 13.8 Å². The quantitative estimate of drug-likeness (QED) is 0.286. The van der Waals surface area contributed by atoms with Gasteiger partial charge in [-0.15, -0.1) is 24.0 Å². The summed E-state index contributed by atoms with van der Waals surface area (Å²) >= 11 is 0. The van der Waals surface area contributed by atoms with Crippen LogP contribution < -0.4 is 16.0 Å². The molecular weight excluding hydrogens is 381 g/mol. The third-order valence-corrected chi connectivity index (χ3v) is 2.82. The van der Waals surface area contributed by atoms with Crippen molar-refractivity contribution in [2.24, 2.45) is 18.0 Å². The van der Waals surface area contributed by atoms with Gasteiger partial charge in [0.25, 0.3) is 0 Å². The van der Waals surface area contributed by atoms with Crippen LogP contribution in [0.2, 0.25) is 0 Å². The fourth-order valence-corrected chi connectivity index (χ4v) is 1.64. The van der Waals surface area contributed by atoms with Gasteiger partial charge < -0.3 is 20.5 Å². The molecule has 1 aromatic rings. The number of rotatable bonds is 6. The van der Waals surface area contributed by atoms with E-state index in [1.807, 2.05) is 31.7 Å². The molecule has 0 saturated heterocycles. The maximum absolute atomic E-state index is 11.4. The summed E-state index contributed by atoms with van der Waals surface area (Å²) in [5.74, 6) is 0.817. The van der Waals surface area contributed by atoms with Gasteiger partial charge in [-0.25, -0.2) is 0 Å². The largest absolute Gasteiger partial charge is 0.357 e. The number of hydrogen-bond acceptors (Lipinski definition) is 2. The number of amides is 1. The number of hydrogen-bond donors (Lipinski definition) is 3. The molecular formula is C14H26IN5O. The van der Waals surface area contributed by atoms with Gasteiger partial charge in [0.2, 0.25) is 5.91 Å². The lowest BCUT2D eigenvalue weighted by atomic mass is 10.2. The average Bonchev–Trinajstić information content (AvgIpc) is 2.83. The molecule has 1 rings (SSSR count). The molecule has 3 N–H and O–H groups in total. The summed E-state index contributed by atoms with van der Waals surface area (Å²) in [5.41, 5.74) is 1.20. The van der Waals surface area contributed by atoms with Crippen LogP contribution in [0, 0.1) is 5.92 Å². The zero-order valence-corrected chi connectivity index (χ0v) is 15.5. The lowest BCUT2D eigenvalue weighted by molar-refractivity contribution is -0.123. The molecule has 120 valence electrons. The molecule has 1 amide bonds. The fourth-order valence-electron chi connectivity index (χ4n) is 1.64. The summed E-state index contributed by atoms with van der Waals surface area (Å²) in [5, 5.41) is 9.23. The van der Waals surface area contributed by atoms with Gasteiger partial charge in [0.1, 0.15) is 0 Å². The van der Waals surface area contributed by atoms with E-state index in [0.29, 0.717) is 13.1 Å². The molecule has 7 heteroatoms. The van der Waals surface area contributed by atoms with Gasteiger partial charge in [0, 0.05) is 52.0 Å². The van der Waals surface area contributed by atoms with E-state index in [1.54, 1.807) is 7.05 Å². The molecule has 6 nitrogen and oxygen atoms in total. The Balaban J connectivity index is 0.00000400. The molecule has 0 atom stereocenters. The lowest BCUT2D eigenvalue weighted by Gasteiger charge is -2.12. The molecule has 0 spiro atoms. The van der Waals surface area contributed by atoms with Crippen LogP contribution in [0.15, 0.2) is 23.5 Å². The molecule has 0 aliphatic heterocycles. The predicted octanol–water partition coefficient (Wildman–Crippen LogP) is 1.08. The minimum atomic E-state index is 0. The van der Waals surface area contributed by atoms with Crippen LogP contribution in [0.3, 0.4) is 0 Å². The highest BCUT2D eigenvalue weighted by Gasteiger charge is 2.05. The Labute approximate surface area is 143 Å². The summed E-state index contributed by atoms with van der Waals surface area (Å²) < 4.78 is 2.01. The second-order valence-corrected chi connectivity index (χ2v) is 4.98. The molecule has 0 bridgehead atoms. The van der Waals surface area contributed by atoms with Crippen molar-refractivity contribution >= 4 is 35.8 Å². The predicted molar refractivity (Wildman–Crippen MR) is 96.9 cm³/mol. The summed E-state index contributed by atoms with van der Waals surface area (Å²) in [4.78, 5) is 15.5. The molecule has 0 radical (unpaired) electrons. The topological polar surface area (TPSA) is 70.4 Å². The number of carbonyl (C=O) groups excluding carboxylic acids is 1. The second kappa shape index (κ2) is 10.5. The van der Waals surface area contributed by atoms with Crippen LogP contribution in [0.1, 0.15) is 19.4 Å². The molecule has 1 aromatic heterocycles. The number of aryl methyl sites for hydroxylation is 1. The van der Waals surface area contributed by atoms with Crippen LogP contribution in [0.5, 0.6) is 0 Å². The van der Waals surface area contributed by atoms with E-state index < -0.39 is 0 Å². The standard InChI is InChI=1S/C14H25N5O.HI/c1-11(2)13(20)16-6-7-17-14(15-3)18-9-12-5-8-19(4)10-12;/h5,8,10-11H,6-7,9H2,1-4H3,(H,16,20)(H2,15,17,18);1H. The van der Waals surface area contributed by atoms with Gasteiger partial charge in [-0.2, -0.15) is 0 Å². The zero-order chi connectivity index (χ0) is 15.0. The van der Waals surface area contributed by atoms with Gasteiger partial charge in [0.05, 0.1) is 0 Å². The SMILES string of the molecule is CN=C(NCCNC(=O)C(C)C)NCc1ccn(C)c1.I.